The fraction of sp³-hybridized carbons (Fsp3) is 0.333. The molecule has 0 spiro atoms. The Morgan fingerprint density at radius 1 is 1.50 bits per heavy atom. The van der Waals surface area contributed by atoms with Gasteiger partial charge in [-0.2, -0.15) is 5.26 Å². The Hall–Kier alpha value is -2.48. The maximum atomic E-state index is 12.1. The number of carbonyl (C=O) groups is 1. The van der Waals surface area contributed by atoms with E-state index in [0.717, 1.165) is 5.56 Å². The fourth-order valence-electron chi connectivity index (χ4n) is 1.93. The molecule has 2 rings (SSSR count). The second-order valence-electron chi connectivity index (χ2n) is 4.47. The smallest absolute Gasteiger partial charge is 0.351 e. The molecule has 1 N–H and O–H groups in total. The Labute approximate surface area is 117 Å². The van der Waals surface area contributed by atoms with Crippen LogP contribution in [-0.2, 0) is 9.53 Å². The van der Waals surface area contributed by atoms with E-state index in [1.807, 2.05) is 19.1 Å². The second kappa shape index (κ2) is 5.66. The first-order valence-corrected chi connectivity index (χ1v) is 6.39. The fourth-order valence-corrected chi connectivity index (χ4v) is 1.93. The van der Waals surface area contributed by atoms with E-state index < -0.39 is 11.5 Å². The maximum Gasteiger partial charge on any atom is 0.351 e. The van der Waals surface area contributed by atoms with Crippen molar-refractivity contribution in [2.75, 3.05) is 19.0 Å². The molecule has 1 aliphatic heterocycles. The quantitative estimate of drug-likeness (QED) is 0.852. The number of hydrogen-bond donors (Lipinski definition) is 1. The summed E-state index contributed by atoms with van der Waals surface area (Å²) in [6, 6.07) is 7.37. The number of ether oxygens (including phenoxy) is 2. The largest absolute Gasteiger partial charge is 0.497 e. The van der Waals surface area contributed by atoms with Crippen molar-refractivity contribution >= 4 is 17.7 Å². The van der Waals surface area contributed by atoms with Gasteiger partial charge in [0, 0.05) is 11.3 Å². The van der Waals surface area contributed by atoms with Crippen LogP contribution in [0.25, 0.3) is 6.08 Å². The average Bonchev–Trinajstić information content (AvgIpc) is 2.51. The van der Waals surface area contributed by atoms with Crippen molar-refractivity contribution in [3.63, 3.8) is 0 Å². The molecule has 0 saturated heterocycles. The highest BCUT2D eigenvalue weighted by Gasteiger charge is 2.40. The summed E-state index contributed by atoms with van der Waals surface area (Å²) >= 11 is 0. The number of nitrogens with zero attached hydrogens (tertiary/aromatic N) is 1. The third-order valence-electron chi connectivity index (χ3n) is 3.04. The molecule has 0 aliphatic carbocycles. The lowest BCUT2D eigenvalue weighted by Gasteiger charge is -2.28. The average molecular weight is 272 g/mol. The number of anilines is 1. The Bertz CT molecular complexity index is 589. The standard InChI is InChI=1S/C15H16N2O3/c1-3-8-20-14(18)15(10-16)7-6-11-9-12(19-2)4-5-13(11)17-15/h4-7,9,17H,3,8H2,1-2H3. The third-order valence-corrected chi connectivity index (χ3v) is 3.04. The number of rotatable bonds is 4. The number of benzene rings is 1. The van der Waals surface area contributed by atoms with Crippen molar-refractivity contribution in [1.29, 1.82) is 5.26 Å². The summed E-state index contributed by atoms with van der Waals surface area (Å²) in [5.74, 6) is 0.132. The van der Waals surface area contributed by atoms with Gasteiger partial charge in [-0.1, -0.05) is 13.0 Å². The number of carbonyl (C=O) groups excluding carboxylic acids is 1. The molecule has 1 aromatic rings. The summed E-state index contributed by atoms with van der Waals surface area (Å²) in [6.07, 6.45) is 3.96. The molecule has 104 valence electrons. The van der Waals surface area contributed by atoms with E-state index in [9.17, 15) is 10.1 Å². The molecule has 1 unspecified atom stereocenters. The van der Waals surface area contributed by atoms with Crippen molar-refractivity contribution in [2.45, 2.75) is 18.9 Å². The van der Waals surface area contributed by atoms with E-state index in [2.05, 4.69) is 5.32 Å². The predicted octanol–water partition coefficient (Wildman–Crippen LogP) is 2.35. The molecular formula is C15H16N2O3. The number of fused-ring (bicyclic) bond motifs is 1. The van der Waals surface area contributed by atoms with E-state index in [4.69, 9.17) is 9.47 Å². The highest BCUT2D eigenvalue weighted by Crippen LogP contribution is 2.31. The molecule has 1 aromatic carbocycles. The van der Waals surface area contributed by atoms with Gasteiger partial charge in [-0.25, -0.2) is 4.79 Å². The molecule has 0 saturated carbocycles. The van der Waals surface area contributed by atoms with Crippen LogP contribution in [0.15, 0.2) is 24.3 Å². The van der Waals surface area contributed by atoms with Gasteiger partial charge in [-0.3, -0.25) is 0 Å². The van der Waals surface area contributed by atoms with Gasteiger partial charge in [-0.15, -0.1) is 0 Å². The first-order valence-electron chi connectivity index (χ1n) is 6.39. The molecule has 0 fully saturated rings. The Morgan fingerprint density at radius 2 is 2.30 bits per heavy atom. The molecule has 5 nitrogen and oxygen atoms in total. The Balaban J connectivity index is 2.29. The van der Waals surface area contributed by atoms with Crippen molar-refractivity contribution in [3.8, 4) is 11.8 Å². The number of methoxy groups -OCH3 is 1. The van der Waals surface area contributed by atoms with Crippen LogP contribution in [0, 0.1) is 11.3 Å². The summed E-state index contributed by atoms with van der Waals surface area (Å²) in [7, 11) is 1.59. The lowest BCUT2D eigenvalue weighted by atomic mass is 9.94. The van der Waals surface area contributed by atoms with E-state index in [1.54, 1.807) is 25.3 Å². The lowest BCUT2D eigenvalue weighted by Crippen LogP contribution is -2.45. The number of esters is 1. The van der Waals surface area contributed by atoms with Crippen LogP contribution >= 0.6 is 0 Å². The molecule has 1 heterocycles. The topological polar surface area (TPSA) is 71.4 Å². The third kappa shape index (κ3) is 2.45. The van der Waals surface area contributed by atoms with Crippen LogP contribution in [0.4, 0.5) is 5.69 Å². The van der Waals surface area contributed by atoms with Crippen LogP contribution in [-0.4, -0.2) is 25.2 Å². The van der Waals surface area contributed by atoms with Crippen LogP contribution < -0.4 is 10.1 Å². The zero-order valence-electron chi connectivity index (χ0n) is 11.5. The van der Waals surface area contributed by atoms with Crippen LogP contribution in [0.5, 0.6) is 5.75 Å². The van der Waals surface area contributed by atoms with Gasteiger partial charge >= 0.3 is 5.97 Å². The molecule has 0 radical (unpaired) electrons. The summed E-state index contributed by atoms with van der Waals surface area (Å²) < 4.78 is 10.2. The normalized spacial score (nSPS) is 19.4. The summed E-state index contributed by atoms with van der Waals surface area (Å²) in [5, 5.41) is 12.3. The van der Waals surface area contributed by atoms with Crippen molar-refractivity contribution in [2.24, 2.45) is 0 Å². The van der Waals surface area contributed by atoms with Crippen LogP contribution in [0.2, 0.25) is 0 Å². The van der Waals surface area contributed by atoms with Gasteiger partial charge in [0.05, 0.1) is 13.7 Å². The SMILES string of the molecule is CCCOC(=O)C1(C#N)C=Cc2cc(OC)ccc2N1. The van der Waals surface area contributed by atoms with Gasteiger partial charge in [0.2, 0.25) is 5.54 Å². The zero-order valence-corrected chi connectivity index (χ0v) is 11.5. The van der Waals surface area contributed by atoms with Crippen LogP contribution in [0.1, 0.15) is 18.9 Å². The molecule has 0 bridgehead atoms. The second-order valence-corrected chi connectivity index (χ2v) is 4.47. The van der Waals surface area contributed by atoms with Gasteiger partial charge in [0.1, 0.15) is 11.8 Å². The highest BCUT2D eigenvalue weighted by molar-refractivity contribution is 5.95. The minimum absolute atomic E-state index is 0.299. The molecular weight excluding hydrogens is 256 g/mol. The summed E-state index contributed by atoms with van der Waals surface area (Å²) in [5.41, 5.74) is 0.0957. The first kappa shape index (κ1) is 13.9. The number of nitrogens with one attached hydrogen (secondary N) is 1. The summed E-state index contributed by atoms with van der Waals surface area (Å²) in [4.78, 5) is 12.1. The van der Waals surface area contributed by atoms with E-state index in [1.165, 1.54) is 6.08 Å². The summed E-state index contributed by atoms with van der Waals surface area (Å²) in [6.45, 7) is 2.20. The van der Waals surface area contributed by atoms with Crippen molar-refractivity contribution < 1.29 is 14.3 Å². The van der Waals surface area contributed by atoms with Crippen molar-refractivity contribution in [1.82, 2.24) is 0 Å². The van der Waals surface area contributed by atoms with Gasteiger partial charge in [0.15, 0.2) is 0 Å². The number of nitriles is 1. The van der Waals surface area contributed by atoms with Gasteiger partial charge < -0.3 is 14.8 Å². The Kier molecular flexibility index (Phi) is 3.94. The predicted molar refractivity (Wildman–Crippen MR) is 75.2 cm³/mol. The Morgan fingerprint density at radius 3 is 2.95 bits per heavy atom. The number of hydrogen-bond acceptors (Lipinski definition) is 5. The lowest BCUT2D eigenvalue weighted by molar-refractivity contribution is -0.145. The molecule has 5 heteroatoms. The molecule has 20 heavy (non-hydrogen) atoms. The molecule has 1 atom stereocenters. The monoisotopic (exact) mass is 272 g/mol. The van der Waals surface area contributed by atoms with Gasteiger partial charge in [0.25, 0.3) is 0 Å². The van der Waals surface area contributed by atoms with Crippen molar-refractivity contribution in [3.05, 3.63) is 29.8 Å². The van der Waals surface area contributed by atoms with E-state index in [-0.39, 0.29) is 0 Å². The first-order chi connectivity index (χ1) is 9.65. The minimum Gasteiger partial charge on any atom is -0.497 e. The maximum absolute atomic E-state index is 12.1. The van der Waals surface area contributed by atoms with Gasteiger partial charge in [-0.05, 0) is 30.7 Å². The zero-order chi connectivity index (χ0) is 14.6. The minimum atomic E-state index is -1.46. The highest BCUT2D eigenvalue weighted by atomic mass is 16.5. The molecule has 1 aliphatic rings. The molecule has 0 amide bonds. The molecule has 0 aromatic heterocycles. The van der Waals surface area contributed by atoms with E-state index >= 15 is 0 Å². The van der Waals surface area contributed by atoms with E-state index in [0.29, 0.717) is 24.5 Å². The van der Waals surface area contributed by atoms with Crippen LogP contribution in [0.3, 0.4) is 0 Å².